The maximum atomic E-state index is 12.2. The van der Waals surface area contributed by atoms with Crippen LogP contribution in [0.3, 0.4) is 0 Å². The van der Waals surface area contributed by atoms with Gasteiger partial charge in [-0.2, -0.15) is 0 Å². The van der Waals surface area contributed by atoms with Crippen LogP contribution >= 0.6 is 11.3 Å². The van der Waals surface area contributed by atoms with Gasteiger partial charge >= 0.3 is 0 Å². The number of phenols is 1. The topological polar surface area (TPSA) is 71.5 Å². The van der Waals surface area contributed by atoms with E-state index in [0.717, 1.165) is 16.0 Å². The molecule has 0 saturated heterocycles. The quantitative estimate of drug-likeness (QED) is 0.451. The van der Waals surface area contributed by atoms with E-state index in [1.54, 1.807) is 18.2 Å². The fraction of sp³-hybridized carbons (Fsp3) is 0.0909. The number of fused-ring (bicyclic) bond motifs is 1. The smallest absolute Gasteiger partial charge is 0.227 e. The second kappa shape index (κ2) is 8.10. The van der Waals surface area contributed by atoms with E-state index in [9.17, 15) is 9.90 Å². The first-order valence-electron chi connectivity index (χ1n) is 8.86. The highest BCUT2D eigenvalue weighted by molar-refractivity contribution is 7.21. The number of carbonyl (C=O) groups is 1. The van der Waals surface area contributed by atoms with Crippen LogP contribution in [-0.2, 0) is 4.79 Å². The van der Waals surface area contributed by atoms with Crippen molar-refractivity contribution in [2.75, 3.05) is 11.9 Å². The van der Waals surface area contributed by atoms with Crippen molar-refractivity contribution in [2.24, 2.45) is 0 Å². The van der Waals surface area contributed by atoms with Crippen molar-refractivity contribution in [2.45, 2.75) is 6.42 Å². The summed E-state index contributed by atoms with van der Waals surface area (Å²) >= 11 is 1.50. The summed E-state index contributed by atoms with van der Waals surface area (Å²) in [5.41, 5.74) is 2.09. The molecule has 0 aliphatic heterocycles. The number of anilines is 1. The van der Waals surface area contributed by atoms with E-state index in [2.05, 4.69) is 10.3 Å². The van der Waals surface area contributed by atoms with Gasteiger partial charge in [0.25, 0.3) is 0 Å². The number of nitrogens with one attached hydrogen (secondary N) is 1. The lowest BCUT2D eigenvalue weighted by molar-refractivity contribution is -0.116. The van der Waals surface area contributed by atoms with Crippen molar-refractivity contribution in [3.63, 3.8) is 0 Å². The van der Waals surface area contributed by atoms with Crippen molar-refractivity contribution < 1.29 is 14.6 Å². The van der Waals surface area contributed by atoms with Crippen LogP contribution in [-0.4, -0.2) is 22.6 Å². The zero-order valence-electron chi connectivity index (χ0n) is 15.0. The highest BCUT2D eigenvalue weighted by Crippen LogP contribution is 2.36. The zero-order valence-corrected chi connectivity index (χ0v) is 15.8. The predicted octanol–water partition coefficient (Wildman–Crippen LogP) is 5.08. The molecule has 0 fully saturated rings. The van der Waals surface area contributed by atoms with Gasteiger partial charge in [0.05, 0.1) is 28.8 Å². The zero-order chi connectivity index (χ0) is 19.3. The summed E-state index contributed by atoms with van der Waals surface area (Å²) in [6, 6.07) is 22.2. The number of hydrogen-bond acceptors (Lipinski definition) is 5. The molecule has 28 heavy (non-hydrogen) atoms. The van der Waals surface area contributed by atoms with E-state index in [0.29, 0.717) is 22.9 Å². The fourth-order valence-electron chi connectivity index (χ4n) is 2.77. The lowest BCUT2D eigenvalue weighted by Gasteiger charge is -2.09. The maximum absolute atomic E-state index is 12.2. The number of thiazole rings is 1. The number of ether oxygens (including phenoxy) is 1. The molecule has 4 rings (SSSR count). The fourth-order valence-corrected chi connectivity index (χ4v) is 3.76. The largest absolute Gasteiger partial charge is 0.507 e. The maximum Gasteiger partial charge on any atom is 0.227 e. The number of carbonyl (C=O) groups excluding carboxylic acids is 1. The molecule has 0 radical (unpaired) electrons. The molecule has 0 bridgehead atoms. The lowest BCUT2D eigenvalue weighted by atomic mass is 10.2. The third-order valence-electron chi connectivity index (χ3n) is 4.15. The monoisotopic (exact) mass is 390 g/mol. The Morgan fingerprint density at radius 2 is 1.82 bits per heavy atom. The normalized spacial score (nSPS) is 10.7. The Morgan fingerprint density at radius 3 is 2.64 bits per heavy atom. The summed E-state index contributed by atoms with van der Waals surface area (Å²) in [4.78, 5) is 16.8. The number of nitrogens with zero attached hydrogens (tertiary/aromatic N) is 1. The van der Waals surface area contributed by atoms with Gasteiger partial charge in [-0.1, -0.05) is 30.3 Å². The molecule has 6 heteroatoms. The van der Waals surface area contributed by atoms with Crippen LogP contribution in [0.25, 0.3) is 20.8 Å². The van der Waals surface area contributed by atoms with Gasteiger partial charge in [-0.05, 0) is 42.5 Å². The van der Waals surface area contributed by atoms with E-state index in [1.807, 2.05) is 54.6 Å². The van der Waals surface area contributed by atoms with Crippen LogP contribution in [0.15, 0.2) is 72.8 Å². The number of phenolic OH excluding ortho intramolecular Hbond substituents is 1. The second-order valence-corrected chi connectivity index (χ2v) is 7.21. The number of rotatable bonds is 6. The van der Waals surface area contributed by atoms with Crippen LogP contribution in [0.2, 0.25) is 0 Å². The van der Waals surface area contributed by atoms with E-state index in [4.69, 9.17) is 4.74 Å². The number of amides is 1. The molecule has 5 nitrogen and oxygen atoms in total. The van der Waals surface area contributed by atoms with Crippen molar-refractivity contribution >= 4 is 33.1 Å². The number of para-hydroxylation sites is 2. The second-order valence-electron chi connectivity index (χ2n) is 6.18. The van der Waals surface area contributed by atoms with Crippen LogP contribution in [0.1, 0.15) is 6.42 Å². The lowest BCUT2D eigenvalue weighted by Crippen LogP contribution is -2.15. The minimum atomic E-state index is -0.156. The molecule has 1 amide bonds. The Kier molecular flexibility index (Phi) is 5.21. The summed E-state index contributed by atoms with van der Waals surface area (Å²) < 4.78 is 6.60. The first kappa shape index (κ1) is 18.0. The summed E-state index contributed by atoms with van der Waals surface area (Å²) in [6.07, 6.45) is 0.228. The Hall–Kier alpha value is -3.38. The number of aromatic nitrogens is 1. The van der Waals surface area contributed by atoms with Gasteiger partial charge in [0, 0.05) is 5.69 Å². The van der Waals surface area contributed by atoms with Gasteiger partial charge in [-0.15, -0.1) is 11.3 Å². The van der Waals surface area contributed by atoms with Crippen molar-refractivity contribution in [1.29, 1.82) is 0 Å². The van der Waals surface area contributed by atoms with Gasteiger partial charge in [-0.3, -0.25) is 4.79 Å². The highest BCUT2D eigenvalue weighted by Gasteiger charge is 2.12. The average Bonchev–Trinajstić information content (AvgIpc) is 3.14. The molecule has 3 aromatic carbocycles. The first-order chi connectivity index (χ1) is 13.7. The molecule has 0 saturated carbocycles. The van der Waals surface area contributed by atoms with Crippen LogP contribution in [0, 0.1) is 0 Å². The van der Waals surface area contributed by atoms with Crippen LogP contribution in [0.4, 0.5) is 5.69 Å². The Morgan fingerprint density at radius 1 is 1.04 bits per heavy atom. The number of aromatic hydroxyl groups is 1. The van der Waals surface area contributed by atoms with Crippen LogP contribution in [0.5, 0.6) is 11.5 Å². The Balaban J connectivity index is 1.44. The first-order valence-corrected chi connectivity index (χ1v) is 9.67. The molecule has 2 N–H and O–H groups in total. The summed E-state index contributed by atoms with van der Waals surface area (Å²) in [7, 11) is 0. The molecule has 4 aromatic rings. The molecule has 1 heterocycles. The molecule has 0 atom stereocenters. The van der Waals surface area contributed by atoms with E-state index >= 15 is 0 Å². The number of hydrogen-bond donors (Lipinski definition) is 2. The molecule has 0 aliphatic rings. The van der Waals surface area contributed by atoms with Crippen LogP contribution < -0.4 is 10.1 Å². The van der Waals surface area contributed by atoms with Gasteiger partial charge in [0.15, 0.2) is 0 Å². The molecular weight excluding hydrogens is 372 g/mol. The summed E-state index contributed by atoms with van der Waals surface area (Å²) in [6.45, 7) is 0.290. The minimum absolute atomic E-state index is 0.129. The average molecular weight is 390 g/mol. The third-order valence-corrected chi connectivity index (χ3v) is 5.22. The summed E-state index contributed by atoms with van der Waals surface area (Å²) in [5, 5.41) is 13.8. The van der Waals surface area contributed by atoms with Crippen molar-refractivity contribution in [3.8, 4) is 22.1 Å². The van der Waals surface area contributed by atoms with Crippen molar-refractivity contribution in [3.05, 3.63) is 72.8 Å². The Labute approximate surface area is 166 Å². The molecule has 0 unspecified atom stereocenters. The Bertz CT molecular complexity index is 1080. The molecule has 0 spiro atoms. The molecule has 140 valence electrons. The van der Waals surface area contributed by atoms with Gasteiger partial charge in [-0.25, -0.2) is 4.98 Å². The van der Waals surface area contributed by atoms with Gasteiger partial charge in [0.2, 0.25) is 5.91 Å². The van der Waals surface area contributed by atoms with Gasteiger partial charge < -0.3 is 15.2 Å². The summed E-state index contributed by atoms with van der Waals surface area (Å²) in [5.74, 6) is 0.708. The molecule has 1 aromatic heterocycles. The van der Waals surface area contributed by atoms with E-state index in [-0.39, 0.29) is 18.1 Å². The van der Waals surface area contributed by atoms with E-state index < -0.39 is 0 Å². The van der Waals surface area contributed by atoms with Gasteiger partial charge in [0.1, 0.15) is 16.5 Å². The van der Waals surface area contributed by atoms with E-state index in [1.165, 1.54) is 11.3 Å². The van der Waals surface area contributed by atoms with Crippen molar-refractivity contribution in [1.82, 2.24) is 4.98 Å². The minimum Gasteiger partial charge on any atom is -0.507 e. The predicted molar refractivity (Wildman–Crippen MR) is 112 cm³/mol. The number of benzene rings is 3. The highest BCUT2D eigenvalue weighted by atomic mass is 32.1. The molecule has 0 aliphatic carbocycles. The SMILES string of the molecule is O=C(CCOc1ccccc1)Nc1ccc(O)c(-c2nc3ccccc3s2)c1. The standard InChI is InChI=1S/C22H18N2O3S/c25-19-11-10-15(23-21(26)12-13-27-16-6-2-1-3-7-16)14-17(19)22-24-18-8-4-5-9-20(18)28-22/h1-11,14,25H,12-13H2,(H,23,26). The third kappa shape index (κ3) is 4.13. The molecular formula is C22H18N2O3S.